The van der Waals surface area contributed by atoms with Crippen LogP contribution in [-0.4, -0.2) is 41.8 Å². The number of halogens is 2. The average Bonchev–Trinajstić information content (AvgIpc) is 2.96. The van der Waals surface area contributed by atoms with Crippen molar-refractivity contribution in [3.63, 3.8) is 0 Å². The second-order valence-electron chi connectivity index (χ2n) is 7.18. The molecule has 0 spiro atoms. The molecule has 1 heterocycles. The third kappa shape index (κ3) is 5.86. The fraction of sp³-hybridized carbons (Fsp3) is 0.556. The molecule has 1 aliphatic heterocycles. The molecule has 1 fully saturated rings. The molecular weight excluding hydrogens is 346 g/mol. The van der Waals surface area contributed by atoms with E-state index in [1.807, 2.05) is 6.07 Å². The molecule has 6 nitrogen and oxygen atoms in total. The van der Waals surface area contributed by atoms with Gasteiger partial charge < -0.3 is 14.8 Å². The molecule has 0 bridgehead atoms. The van der Waals surface area contributed by atoms with Gasteiger partial charge in [-0.05, 0) is 32.8 Å². The third-order valence-electron chi connectivity index (χ3n) is 3.81. The van der Waals surface area contributed by atoms with E-state index in [1.54, 1.807) is 45.0 Å². The molecule has 144 valence electrons. The third-order valence-corrected chi connectivity index (χ3v) is 3.81. The Morgan fingerprint density at radius 3 is 2.50 bits per heavy atom. The van der Waals surface area contributed by atoms with Crippen molar-refractivity contribution in [2.24, 2.45) is 5.92 Å². The zero-order valence-corrected chi connectivity index (χ0v) is 15.1. The van der Waals surface area contributed by atoms with Crippen molar-refractivity contribution in [2.75, 3.05) is 6.54 Å². The van der Waals surface area contributed by atoms with Gasteiger partial charge in [-0.25, -0.2) is 18.4 Å². The van der Waals surface area contributed by atoms with E-state index in [9.17, 15) is 18.4 Å². The second kappa shape index (κ2) is 8.33. The zero-order chi connectivity index (χ0) is 19.3. The van der Waals surface area contributed by atoms with E-state index in [-0.39, 0.29) is 19.6 Å². The van der Waals surface area contributed by atoms with Gasteiger partial charge in [0.05, 0.1) is 0 Å². The Hall–Kier alpha value is -2.38. The first kappa shape index (κ1) is 19.9. The van der Waals surface area contributed by atoms with E-state index in [2.05, 4.69) is 5.32 Å². The van der Waals surface area contributed by atoms with Gasteiger partial charge in [0, 0.05) is 12.5 Å². The number of hydrogen-bond donors (Lipinski definition) is 1. The molecule has 2 amide bonds. The number of rotatable bonds is 4. The maximum Gasteiger partial charge on any atom is 0.411 e. The fourth-order valence-corrected chi connectivity index (χ4v) is 2.64. The number of nitrogens with one attached hydrogen (secondary N) is 1. The number of carbonyl (C=O) groups excluding carboxylic acids is 2. The van der Waals surface area contributed by atoms with Gasteiger partial charge in [0.15, 0.2) is 0 Å². The lowest BCUT2D eigenvalue weighted by Gasteiger charge is -2.26. The zero-order valence-electron chi connectivity index (χ0n) is 15.1. The molecule has 1 aromatic carbocycles. The van der Waals surface area contributed by atoms with E-state index < -0.39 is 36.3 Å². The molecule has 1 N–H and O–H groups in total. The summed E-state index contributed by atoms with van der Waals surface area (Å²) < 4.78 is 36.5. The van der Waals surface area contributed by atoms with Gasteiger partial charge in [0.1, 0.15) is 18.4 Å². The van der Waals surface area contributed by atoms with Crippen molar-refractivity contribution in [3.05, 3.63) is 35.9 Å². The van der Waals surface area contributed by atoms with Crippen molar-refractivity contribution in [1.82, 2.24) is 10.2 Å². The van der Waals surface area contributed by atoms with Crippen molar-refractivity contribution in [3.8, 4) is 0 Å². The van der Waals surface area contributed by atoms with Crippen molar-refractivity contribution in [1.29, 1.82) is 0 Å². The first-order chi connectivity index (χ1) is 12.2. The minimum absolute atomic E-state index is 0.0225. The highest BCUT2D eigenvalue weighted by Crippen LogP contribution is 2.28. The van der Waals surface area contributed by atoms with Crippen LogP contribution in [0.15, 0.2) is 30.3 Å². The van der Waals surface area contributed by atoms with Crippen molar-refractivity contribution >= 4 is 12.2 Å². The number of amides is 2. The van der Waals surface area contributed by atoms with Crippen LogP contribution in [0.2, 0.25) is 0 Å². The lowest BCUT2D eigenvalue weighted by Crippen LogP contribution is -2.48. The molecule has 1 aromatic rings. The van der Waals surface area contributed by atoms with Crippen molar-refractivity contribution < 1.29 is 27.8 Å². The highest BCUT2D eigenvalue weighted by atomic mass is 19.3. The molecular formula is C18H24F2N2O4. The molecule has 2 rings (SSSR count). The highest BCUT2D eigenvalue weighted by molar-refractivity contribution is 5.72. The molecule has 2 atom stereocenters. The number of carbonyl (C=O) groups is 2. The Balaban J connectivity index is 1.99. The molecule has 0 saturated carbocycles. The quantitative estimate of drug-likeness (QED) is 0.876. The van der Waals surface area contributed by atoms with Gasteiger partial charge in [-0.1, -0.05) is 30.3 Å². The predicted octanol–water partition coefficient (Wildman–Crippen LogP) is 3.76. The van der Waals surface area contributed by atoms with E-state index in [4.69, 9.17) is 9.47 Å². The van der Waals surface area contributed by atoms with Crippen LogP contribution >= 0.6 is 0 Å². The lowest BCUT2D eigenvalue weighted by atomic mass is 10.1. The Labute approximate surface area is 151 Å². The summed E-state index contributed by atoms with van der Waals surface area (Å²) in [6, 6.07) is 9.02. The number of ether oxygens (including phenoxy) is 2. The standard InChI is InChI=1S/C18H24F2N2O4/c1-18(2,3)26-16(23)21-14-9-13(15(19)20)10-22(14)17(24)25-11-12-7-5-4-6-8-12/h4-8,13-15H,9-11H2,1-3H3,(H,21,23). The maximum atomic E-state index is 13.1. The van der Waals surface area contributed by atoms with E-state index >= 15 is 0 Å². The molecule has 2 unspecified atom stereocenters. The summed E-state index contributed by atoms with van der Waals surface area (Å²) in [4.78, 5) is 25.4. The molecule has 1 aliphatic rings. The molecule has 0 radical (unpaired) electrons. The van der Waals surface area contributed by atoms with Gasteiger partial charge in [-0.15, -0.1) is 0 Å². The van der Waals surface area contributed by atoms with Crippen LogP contribution in [0.4, 0.5) is 18.4 Å². The smallest absolute Gasteiger partial charge is 0.411 e. The summed E-state index contributed by atoms with van der Waals surface area (Å²) in [5.74, 6) is -1.03. The van der Waals surface area contributed by atoms with Gasteiger partial charge >= 0.3 is 12.2 Å². The summed E-state index contributed by atoms with van der Waals surface area (Å²) in [5.41, 5.74) is 0.0470. The number of benzene rings is 1. The maximum absolute atomic E-state index is 13.1. The average molecular weight is 370 g/mol. The van der Waals surface area contributed by atoms with E-state index in [1.165, 1.54) is 0 Å². The fourth-order valence-electron chi connectivity index (χ4n) is 2.64. The lowest BCUT2D eigenvalue weighted by molar-refractivity contribution is 0.0426. The second-order valence-corrected chi connectivity index (χ2v) is 7.18. The summed E-state index contributed by atoms with van der Waals surface area (Å²) in [7, 11) is 0. The number of alkyl carbamates (subject to hydrolysis) is 1. The highest BCUT2D eigenvalue weighted by Gasteiger charge is 2.41. The topological polar surface area (TPSA) is 67.9 Å². The van der Waals surface area contributed by atoms with E-state index in [0.717, 1.165) is 10.5 Å². The molecule has 1 saturated heterocycles. The SMILES string of the molecule is CC(C)(C)OC(=O)NC1CC(C(F)F)CN1C(=O)OCc1ccccc1. The van der Waals surface area contributed by atoms with Gasteiger partial charge in [-0.3, -0.25) is 4.90 Å². The van der Waals surface area contributed by atoms with Crippen LogP contribution in [0.3, 0.4) is 0 Å². The Morgan fingerprint density at radius 1 is 1.27 bits per heavy atom. The Bertz CT molecular complexity index is 619. The summed E-state index contributed by atoms with van der Waals surface area (Å²) >= 11 is 0. The van der Waals surface area contributed by atoms with Crippen LogP contribution in [-0.2, 0) is 16.1 Å². The number of likely N-dealkylation sites (tertiary alicyclic amines) is 1. The summed E-state index contributed by atoms with van der Waals surface area (Å²) in [6.45, 7) is 4.90. The first-order valence-electron chi connectivity index (χ1n) is 8.40. The molecule has 26 heavy (non-hydrogen) atoms. The summed E-state index contributed by atoms with van der Waals surface area (Å²) in [6.07, 6.45) is -5.06. The van der Waals surface area contributed by atoms with Gasteiger partial charge in [0.2, 0.25) is 6.43 Å². The van der Waals surface area contributed by atoms with Gasteiger partial charge in [0.25, 0.3) is 0 Å². The largest absolute Gasteiger partial charge is 0.444 e. The van der Waals surface area contributed by atoms with Crippen LogP contribution in [0.25, 0.3) is 0 Å². The Morgan fingerprint density at radius 2 is 1.92 bits per heavy atom. The number of alkyl halides is 2. The molecule has 0 aliphatic carbocycles. The van der Waals surface area contributed by atoms with Crippen LogP contribution < -0.4 is 5.32 Å². The van der Waals surface area contributed by atoms with Crippen LogP contribution in [0.5, 0.6) is 0 Å². The minimum atomic E-state index is -2.59. The summed E-state index contributed by atoms with van der Waals surface area (Å²) in [5, 5.41) is 2.48. The molecule has 0 aromatic heterocycles. The predicted molar refractivity (Wildman–Crippen MR) is 90.6 cm³/mol. The van der Waals surface area contributed by atoms with Crippen LogP contribution in [0.1, 0.15) is 32.8 Å². The van der Waals surface area contributed by atoms with Crippen molar-refractivity contribution in [2.45, 2.75) is 52.0 Å². The van der Waals surface area contributed by atoms with E-state index in [0.29, 0.717) is 0 Å². The number of nitrogens with zero attached hydrogens (tertiary/aromatic N) is 1. The Kier molecular flexibility index (Phi) is 6.39. The number of hydrogen-bond acceptors (Lipinski definition) is 4. The first-order valence-corrected chi connectivity index (χ1v) is 8.40. The molecule has 8 heteroatoms. The van der Waals surface area contributed by atoms with Gasteiger partial charge in [-0.2, -0.15) is 0 Å². The monoisotopic (exact) mass is 370 g/mol. The minimum Gasteiger partial charge on any atom is -0.444 e. The normalized spacial score (nSPS) is 20.2. The van der Waals surface area contributed by atoms with Crippen LogP contribution in [0, 0.1) is 5.92 Å².